The second-order valence-electron chi connectivity index (χ2n) is 5.27. The van der Waals surface area contributed by atoms with E-state index in [-0.39, 0.29) is 6.61 Å². The molecule has 0 aliphatic carbocycles. The number of amides is 1. The summed E-state index contributed by atoms with van der Waals surface area (Å²) in [6.45, 7) is 9.34. The number of rotatable bonds is 3. The zero-order chi connectivity index (χ0) is 14.5. The van der Waals surface area contributed by atoms with E-state index in [0.717, 1.165) is 0 Å². The first-order chi connectivity index (χ1) is 8.85. The molecule has 0 bridgehead atoms. The van der Waals surface area contributed by atoms with Gasteiger partial charge in [0.05, 0.1) is 0 Å². The van der Waals surface area contributed by atoms with Crippen molar-refractivity contribution in [2.45, 2.75) is 38.8 Å². The molecule has 1 rings (SSSR count). The Morgan fingerprint density at radius 1 is 1.42 bits per heavy atom. The second kappa shape index (κ2) is 6.41. The molecular formula is C14H21NO4. The summed E-state index contributed by atoms with van der Waals surface area (Å²) in [7, 11) is 0. The molecule has 5 nitrogen and oxygen atoms in total. The lowest BCUT2D eigenvalue weighted by Crippen LogP contribution is -2.49. The molecule has 0 aromatic heterocycles. The predicted molar refractivity (Wildman–Crippen MR) is 71.6 cm³/mol. The normalized spacial score (nSPS) is 18.9. The minimum absolute atomic E-state index is 0.140. The fourth-order valence-electron chi connectivity index (χ4n) is 1.65. The van der Waals surface area contributed by atoms with E-state index in [2.05, 4.69) is 6.58 Å². The highest BCUT2D eigenvalue weighted by atomic mass is 16.6. The Bertz CT molecular complexity index is 381. The maximum Gasteiger partial charge on any atom is 0.411 e. The first-order valence-electron chi connectivity index (χ1n) is 6.27. The van der Waals surface area contributed by atoms with Crippen LogP contribution in [0.4, 0.5) is 4.79 Å². The topological polar surface area (TPSA) is 55.8 Å². The van der Waals surface area contributed by atoms with E-state index in [1.165, 1.54) is 11.0 Å². The summed E-state index contributed by atoms with van der Waals surface area (Å²) in [5.74, 6) is -0.435. The van der Waals surface area contributed by atoms with Crippen LogP contribution >= 0.6 is 0 Å². The minimum atomic E-state index is -0.625. The molecule has 0 saturated heterocycles. The van der Waals surface area contributed by atoms with Crippen molar-refractivity contribution in [2.75, 3.05) is 13.2 Å². The highest BCUT2D eigenvalue weighted by Crippen LogP contribution is 2.17. The van der Waals surface area contributed by atoms with Crippen molar-refractivity contribution in [1.82, 2.24) is 4.90 Å². The Kier molecular flexibility index (Phi) is 5.15. The van der Waals surface area contributed by atoms with Gasteiger partial charge >= 0.3 is 12.1 Å². The lowest BCUT2D eigenvalue weighted by Gasteiger charge is -2.32. The van der Waals surface area contributed by atoms with Crippen LogP contribution in [0, 0.1) is 0 Å². The minimum Gasteiger partial charge on any atom is -0.460 e. The van der Waals surface area contributed by atoms with Gasteiger partial charge in [0, 0.05) is 6.54 Å². The largest absolute Gasteiger partial charge is 0.460 e. The van der Waals surface area contributed by atoms with Crippen LogP contribution in [-0.4, -0.2) is 41.8 Å². The zero-order valence-electron chi connectivity index (χ0n) is 11.7. The molecule has 5 heteroatoms. The fourth-order valence-corrected chi connectivity index (χ4v) is 1.65. The van der Waals surface area contributed by atoms with Gasteiger partial charge < -0.3 is 9.47 Å². The molecule has 1 aliphatic rings. The summed E-state index contributed by atoms with van der Waals surface area (Å²) < 4.78 is 10.3. The van der Waals surface area contributed by atoms with Crippen LogP contribution in [0.2, 0.25) is 0 Å². The molecule has 0 N–H and O–H groups in total. The van der Waals surface area contributed by atoms with Gasteiger partial charge in [-0.2, -0.15) is 0 Å². The third-order valence-electron chi connectivity index (χ3n) is 2.45. The van der Waals surface area contributed by atoms with Gasteiger partial charge in [0.2, 0.25) is 0 Å². The van der Waals surface area contributed by atoms with Crippen molar-refractivity contribution in [1.29, 1.82) is 0 Å². The van der Waals surface area contributed by atoms with Crippen molar-refractivity contribution >= 4 is 12.1 Å². The van der Waals surface area contributed by atoms with Gasteiger partial charge in [0.1, 0.15) is 18.2 Å². The van der Waals surface area contributed by atoms with Crippen LogP contribution in [0.25, 0.3) is 0 Å². The highest BCUT2D eigenvalue weighted by Gasteiger charge is 2.34. The fraction of sp³-hybridized carbons (Fsp3) is 0.571. The molecule has 0 saturated carbocycles. The van der Waals surface area contributed by atoms with Crippen molar-refractivity contribution in [3.63, 3.8) is 0 Å². The van der Waals surface area contributed by atoms with Gasteiger partial charge in [-0.3, -0.25) is 4.90 Å². The Morgan fingerprint density at radius 2 is 2.11 bits per heavy atom. The van der Waals surface area contributed by atoms with E-state index >= 15 is 0 Å². The summed E-state index contributed by atoms with van der Waals surface area (Å²) in [4.78, 5) is 25.3. The van der Waals surface area contributed by atoms with Crippen LogP contribution in [-0.2, 0) is 14.3 Å². The zero-order valence-corrected chi connectivity index (χ0v) is 11.7. The molecule has 0 aromatic carbocycles. The van der Waals surface area contributed by atoms with Crippen LogP contribution < -0.4 is 0 Å². The number of ether oxygens (including phenoxy) is 2. The van der Waals surface area contributed by atoms with E-state index in [9.17, 15) is 9.59 Å². The van der Waals surface area contributed by atoms with E-state index in [1.807, 2.05) is 12.2 Å². The summed E-state index contributed by atoms with van der Waals surface area (Å²) in [5.41, 5.74) is -0.589. The highest BCUT2D eigenvalue weighted by molar-refractivity contribution is 5.82. The van der Waals surface area contributed by atoms with Crippen LogP contribution in [0.1, 0.15) is 27.2 Å². The van der Waals surface area contributed by atoms with Gasteiger partial charge in [0.25, 0.3) is 0 Å². The van der Waals surface area contributed by atoms with Gasteiger partial charge in [-0.25, -0.2) is 9.59 Å². The van der Waals surface area contributed by atoms with Crippen molar-refractivity contribution in [3.8, 4) is 0 Å². The molecule has 106 valence electrons. The molecule has 1 amide bonds. The van der Waals surface area contributed by atoms with Gasteiger partial charge in [-0.05, 0) is 27.2 Å². The van der Waals surface area contributed by atoms with Crippen LogP contribution in [0.3, 0.4) is 0 Å². The van der Waals surface area contributed by atoms with Crippen LogP contribution in [0.5, 0.6) is 0 Å². The standard InChI is InChI=1S/C14H21NO4/c1-5-10-18-12(16)11-8-6-7-9-15(11)13(17)19-14(2,3)4/h5-7,11H,1,8-10H2,2-4H3/t11-/m0/s1. The Labute approximate surface area is 113 Å². The molecule has 19 heavy (non-hydrogen) atoms. The monoisotopic (exact) mass is 267 g/mol. The molecule has 1 aliphatic heterocycles. The summed E-state index contributed by atoms with van der Waals surface area (Å²) in [5, 5.41) is 0. The third-order valence-corrected chi connectivity index (χ3v) is 2.45. The molecule has 1 atom stereocenters. The molecule has 1 heterocycles. The van der Waals surface area contributed by atoms with E-state index in [4.69, 9.17) is 9.47 Å². The number of hydrogen-bond donors (Lipinski definition) is 0. The van der Waals surface area contributed by atoms with Crippen molar-refractivity contribution in [3.05, 3.63) is 24.8 Å². The van der Waals surface area contributed by atoms with Crippen LogP contribution in [0.15, 0.2) is 24.8 Å². The molecular weight excluding hydrogens is 246 g/mol. The molecule has 0 fully saturated rings. The lowest BCUT2D eigenvalue weighted by atomic mass is 10.1. The van der Waals surface area contributed by atoms with E-state index in [0.29, 0.717) is 13.0 Å². The van der Waals surface area contributed by atoms with Gasteiger partial charge in [-0.15, -0.1) is 0 Å². The molecule has 0 aromatic rings. The maximum absolute atomic E-state index is 12.0. The Hall–Kier alpha value is -1.78. The summed E-state index contributed by atoms with van der Waals surface area (Å²) >= 11 is 0. The molecule has 0 spiro atoms. The quantitative estimate of drug-likeness (QED) is 0.581. The average molecular weight is 267 g/mol. The van der Waals surface area contributed by atoms with Gasteiger partial charge in [-0.1, -0.05) is 24.8 Å². The summed E-state index contributed by atoms with van der Waals surface area (Å²) in [6.07, 6.45) is 5.13. The molecule has 0 radical (unpaired) electrons. The Balaban J connectivity index is 2.72. The number of carbonyl (C=O) groups excluding carboxylic acids is 2. The lowest BCUT2D eigenvalue weighted by molar-refractivity contribution is -0.148. The number of esters is 1. The van der Waals surface area contributed by atoms with Gasteiger partial charge in [0.15, 0.2) is 0 Å². The Morgan fingerprint density at radius 3 is 2.68 bits per heavy atom. The van der Waals surface area contributed by atoms with E-state index in [1.54, 1.807) is 20.8 Å². The SMILES string of the molecule is C=CCOC(=O)[C@@H]1CC=CCN1C(=O)OC(C)(C)C. The third kappa shape index (κ3) is 4.77. The number of nitrogens with zero attached hydrogens (tertiary/aromatic N) is 1. The predicted octanol–water partition coefficient (Wildman–Crippen LogP) is 2.28. The van der Waals surface area contributed by atoms with E-state index < -0.39 is 23.7 Å². The van der Waals surface area contributed by atoms with Crippen molar-refractivity contribution < 1.29 is 19.1 Å². The summed E-state index contributed by atoms with van der Waals surface area (Å²) in [6, 6.07) is -0.625. The first kappa shape index (κ1) is 15.3. The number of hydrogen-bond acceptors (Lipinski definition) is 4. The molecule has 0 unspecified atom stereocenters. The maximum atomic E-state index is 12.0. The smallest absolute Gasteiger partial charge is 0.411 e. The average Bonchev–Trinajstić information content (AvgIpc) is 2.34. The number of carbonyl (C=O) groups is 2. The first-order valence-corrected chi connectivity index (χ1v) is 6.27. The van der Waals surface area contributed by atoms with Crippen molar-refractivity contribution in [2.24, 2.45) is 0 Å². The second-order valence-corrected chi connectivity index (χ2v) is 5.27.